The summed E-state index contributed by atoms with van der Waals surface area (Å²) in [5, 5.41) is 2.85. The smallest absolute Gasteiger partial charge is 0.330 e. The van der Waals surface area contributed by atoms with Crippen molar-refractivity contribution >= 4 is 17.8 Å². The maximum Gasteiger partial charge on any atom is 0.330 e. The van der Waals surface area contributed by atoms with Gasteiger partial charge < -0.3 is 14.8 Å². The van der Waals surface area contributed by atoms with Crippen LogP contribution in [0.1, 0.15) is 25.7 Å². The molecule has 1 fully saturated rings. The van der Waals surface area contributed by atoms with Gasteiger partial charge in [-0.15, -0.1) is 0 Å². The van der Waals surface area contributed by atoms with E-state index >= 15 is 0 Å². The van der Waals surface area contributed by atoms with E-state index in [1.54, 1.807) is 12.2 Å². The van der Waals surface area contributed by atoms with Gasteiger partial charge in [-0.2, -0.15) is 0 Å². The third-order valence-corrected chi connectivity index (χ3v) is 3.35. The molecule has 6 nitrogen and oxygen atoms in total. The molecule has 0 spiro atoms. The van der Waals surface area contributed by atoms with Gasteiger partial charge in [0.2, 0.25) is 5.91 Å². The fraction of sp³-hybridized carbons (Fsp3) is 0.533. The van der Waals surface area contributed by atoms with Gasteiger partial charge in [0.05, 0.1) is 20.1 Å². The number of amides is 1. The van der Waals surface area contributed by atoms with E-state index in [2.05, 4.69) is 14.8 Å². The predicted octanol–water partition coefficient (Wildman–Crippen LogP) is 1.12. The summed E-state index contributed by atoms with van der Waals surface area (Å²) in [5.74, 6) is -0.753. The first-order valence-electron chi connectivity index (χ1n) is 6.87. The number of hydrogen-bond acceptors (Lipinski definition) is 5. The number of nitrogens with one attached hydrogen (secondary N) is 1. The van der Waals surface area contributed by atoms with Crippen LogP contribution >= 0.6 is 0 Å². The van der Waals surface area contributed by atoms with Gasteiger partial charge in [0.1, 0.15) is 0 Å². The average molecular weight is 295 g/mol. The highest BCUT2D eigenvalue weighted by molar-refractivity contribution is 5.86. The van der Waals surface area contributed by atoms with Gasteiger partial charge in [-0.05, 0) is 25.7 Å². The minimum atomic E-state index is -0.391. The number of methoxy groups -OCH3 is 2. The molecule has 116 valence electrons. The standard InChI is InChI=1S/C15H21NO5/c1-20-13(17)9-5-3-7-11-12(16-15(11)19)8-4-6-10-14(18)21-2/h5-6,9-12H,3-4,7-8H2,1-2H3,(H,16,19)/b9-5+,10-6+/t11-,12+/m1/s1. The van der Waals surface area contributed by atoms with Crippen LogP contribution in [0.2, 0.25) is 0 Å². The zero-order valence-corrected chi connectivity index (χ0v) is 12.3. The van der Waals surface area contributed by atoms with Crippen molar-refractivity contribution < 1.29 is 23.9 Å². The van der Waals surface area contributed by atoms with Crippen LogP contribution in [0.3, 0.4) is 0 Å². The van der Waals surface area contributed by atoms with Crippen molar-refractivity contribution in [3.05, 3.63) is 24.3 Å². The highest BCUT2D eigenvalue weighted by Crippen LogP contribution is 2.24. The molecule has 1 aliphatic rings. The lowest BCUT2D eigenvalue weighted by Crippen LogP contribution is -2.57. The number of β-lactam (4-membered cyclic amide) rings is 1. The van der Waals surface area contributed by atoms with E-state index in [0.717, 1.165) is 6.42 Å². The van der Waals surface area contributed by atoms with Gasteiger partial charge in [0.15, 0.2) is 0 Å². The van der Waals surface area contributed by atoms with Crippen LogP contribution in [-0.4, -0.2) is 38.1 Å². The summed E-state index contributed by atoms with van der Waals surface area (Å²) in [6.45, 7) is 0. The van der Waals surface area contributed by atoms with Gasteiger partial charge in [-0.3, -0.25) is 4.79 Å². The van der Waals surface area contributed by atoms with Crippen LogP contribution < -0.4 is 5.32 Å². The largest absolute Gasteiger partial charge is 0.466 e. The third-order valence-electron chi connectivity index (χ3n) is 3.35. The molecule has 0 saturated carbocycles. The lowest BCUT2D eigenvalue weighted by atomic mass is 9.83. The molecule has 1 heterocycles. The molecule has 21 heavy (non-hydrogen) atoms. The Kier molecular flexibility index (Phi) is 7.21. The quantitative estimate of drug-likeness (QED) is 0.412. The van der Waals surface area contributed by atoms with Crippen LogP contribution in [0.5, 0.6) is 0 Å². The summed E-state index contributed by atoms with van der Waals surface area (Å²) >= 11 is 0. The molecule has 0 radical (unpaired) electrons. The van der Waals surface area contributed by atoms with E-state index < -0.39 is 5.97 Å². The van der Waals surface area contributed by atoms with Crippen molar-refractivity contribution in [3.63, 3.8) is 0 Å². The molecule has 0 aliphatic carbocycles. The number of carbonyl (C=O) groups excluding carboxylic acids is 3. The number of ether oxygens (including phenoxy) is 2. The first-order valence-corrected chi connectivity index (χ1v) is 6.87. The van der Waals surface area contributed by atoms with E-state index in [4.69, 9.17) is 0 Å². The van der Waals surface area contributed by atoms with Crippen LogP contribution in [0.15, 0.2) is 24.3 Å². The molecule has 0 bridgehead atoms. The van der Waals surface area contributed by atoms with Gasteiger partial charge in [0, 0.05) is 18.2 Å². The molecular formula is C15H21NO5. The van der Waals surface area contributed by atoms with Crippen molar-refractivity contribution in [1.82, 2.24) is 5.32 Å². The van der Waals surface area contributed by atoms with Crippen LogP contribution in [-0.2, 0) is 23.9 Å². The number of allylic oxidation sites excluding steroid dienone is 2. The van der Waals surface area contributed by atoms with Crippen LogP contribution in [0.4, 0.5) is 0 Å². The maximum absolute atomic E-state index is 11.5. The summed E-state index contributed by atoms with van der Waals surface area (Å²) < 4.78 is 8.97. The SMILES string of the molecule is COC(=O)/C=C/CC[C@@H]1NC(=O)[C@@H]1CC/C=C/C(=O)OC. The Morgan fingerprint density at radius 3 is 2.05 bits per heavy atom. The molecule has 0 aromatic heterocycles. The number of hydrogen-bond donors (Lipinski definition) is 1. The average Bonchev–Trinajstić information content (AvgIpc) is 2.49. The topological polar surface area (TPSA) is 81.7 Å². The van der Waals surface area contributed by atoms with Crippen molar-refractivity contribution in [1.29, 1.82) is 0 Å². The lowest BCUT2D eigenvalue weighted by Gasteiger charge is -2.36. The predicted molar refractivity (Wildman–Crippen MR) is 76.2 cm³/mol. The van der Waals surface area contributed by atoms with E-state index in [-0.39, 0.29) is 23.8 Å². The maximum atomic E-state index is 11.5. The fourth-order valence-corrected chi connectivity index (χ4v) is 2.13. The van der Waals surface area contributed by atoms with E-state index in [9.17, 15) is 14.4 Å². The van der Waals surface area contributed by atoms with Crippen molar-refractivity contribution in [3.8, 4) is 0 Å². The molecule has 0 unspecified atom stereocenters. The summed E-state index contributed by atoms with van der Waals surface area (Å²) in [5.41, 5.74) is 0. The molecule has 1 N–H and O–H groups in total. The first kappa shape index (κ1) is 16.9. The fourth-order valence-electron chi connectivity index (χ4n) is 2.13. The second kappa shape index (κ2) is 8.94. The highest BCUT2D eigenvalue weighted by atomic mass is 16.5. The summed E-state index contributed by atoms with van der Waals surface area (Å²) in [6, 6.07) is 0.131. The molecule has 1 amide bonds. The van der Waals surface area contributed by atoms with Crippen LogP contribution in [0.25, 0.3) is 0 Å². The minimum absolute atomic E-state index is 0.0289. The molecule has 0 aromatic carbocycles. The molecule has 0 aromatic rings. The monoisotopic (exact) mass is 295 g/mol. The summed E-state index contributed by atoms with van der Waals surface area (Å²) in [6.07, 6.45) is 9.04. The Morgan fingerprint density at radius 1 is 1.05 bits per heavy atom. The zero-order chi connectivity index (χ0) is 15.7. The Labute approximate surface area is 124 Å². The van der Waals surface area contributed by atoms with E-state index in [1.807, 2.05) is 0 Å². The molecule has 2 atom stereocenters. The summed E-state index contributed by atoms with van der Waals surface area (Å²) in [4.78, 5) is 33.3. The molecule has 6 heteroatoms. The zero-order valence-electron chi connectivity index (χ0n) is 12.3. The van der Waals surface area contributed by atoms with Crippen molar-refractivity contribution in [2.75, 3.05) is 14.2 Å². The Hall–Kier alpha value is -2.11. The van der Waals surface area contributed by atoms with E-state index in [0.29, 0.717) is 19.3 Å². The number of carbonyl (C=O) groups is 3. The van der Waals surface area contributed by atoms with Crippen molar-refractivity contribution in [2.24, 2.45) is 5.92 Å². The number of esters is 2. The molecule has 1 saturated heterocycles. The van der Waals surface area contributed by atoms with Crippen LogP contribution in [0, 0.1) is 5.92 Å². The lowest BCUT2D eigenvalue weighted by molar-refractivity contribution is -0.136. The normalized spacial score (nSPS) is 21.1. The molecule has 1 rings (SSSR count). The Morgan fingerprint density at radius 2 is 1.57 bits per heavy atom. The van der Waals surface area contributed by atoms with Gasteiger partial charge in [-0.1, -0.05) is 12.2 Å². The van der Waals surface area contributed by atoms with Crippen molar-refractivity contribution in [2.45, 2.75) is 31.7 Å². The summed E-state index contributed by atoms with van der Waals surface area (Å²) in [7, 11) is 2.65. The van der Waals surface area contributed by atoms with Gasteiger partial charge >= 0.3 is 11.9 Å². The molecule has 1 aliphatic heterocycles. The number of rotatable bonds is 8. The first-order chi connectivity index (χ1) is 10.1. The molecular weight excluding hydrogens is 274 g/mol. The second-order valence-electron chi connectivity index (χ2n) is 4.73. The minimum Gasteiger partial charge on any atom is -0.466 e. The third kappa shape index (κ3) is 5.81. The van der Waals surface area contributed by atoms with Gasteiger partial charge in [-0.25, -0.2) is 9.59 Å². The Bertz CT molecular complexity index is 441. The highest BCUT2D eigenvalue weighted by Gasteiger charge is 2.37. The van der Waals surface area contributed by atoms with Gasteiger partial charge in [0.25, 0.3) is 0 Å². The van der Waals surface area contributed by atoms with E-state index in [1.165, 1.54) is 26.4 Å². The Balaban J connectivity index is 2.26. The second-order valence-corrected chi connectivity index (χ2v) is 4.73.